The van der Waals surface area contributed by atoms with E-state index in [9.17, 15) is 14.0 Å². The van der Waals surface area contributed by atoms with Crippen molar-refractivity contribution in [2.75, 3.05) is 31.6 Å². The normalized spacial score (nSPS) is 10.2. The molecule has 0 aliphatic heterocycles. The van der Waals surface area contributed by atoms with Gasteiger partial charge in [-0.1, -0.05) is 0 Å². The number of primary amides is 1. The number of carbonyl (C=O) groups is 2. The molecule has 0 aliphatic carbocycles. The highest BCUT2D eigenvalue weighted by Crippen LogP contribution is 2.15. The monoisotopic (exact) mass is 292 g/mol. The van der Waals surface area contributed by atoms with E-state index in [2.05, 4.69) is 0 Å². The molecule has 0 bridgehead atoms. The molecular weight excluding hydrogens is 275 g/mol. The maximum absolute atomic E-state index is 13.0. The summed E-state index contributed by atoms with van der Waals surface area (Å²) in [4.78, 5) is 26.1. The third-order valence-electron chi connectivity index (χ3n) is 2.77. The fourth-order valence-corrected chi connectivity index (χ4v) is 1.73. The van der Waals surface area contributed by atoms with Gasteiger partial charge in [0.1, 0.15) is 5.82 Å². The molecule has 0 heterocycles. The number of anilines is 1. The van der Waals surface area contributed by atoms with E-state index in [-0.39, 0.29) is 32.0 Å². The Morgan fingerprint density at radius 3 is 2.48 bits per heavy atom. The average molecular weight is 292 g/mol. The Hall–Kier alpha value is -2.46. The van der Waals surface area contributed by atoms with Gasteiger partial charge in [0.2, 0.25) is 11.8 Å². The summed E-state index contributed by atoms with van der Waals surface area (Å²) in [5.74, 6) is -1.23. The standard InChI is InChI=1S/C14H17FN4O2/c1-18(9-7-16)10-14(21)19(8-6-13(17)20)12-4-2-11(15)3-5-12/h2-5H,6,8-10H2,1H3,(H2,17,20). The van der Waals surface area contributed by atoms with Crippen LogP contribution in [0.25, 0.3) is 0 Å². The van der Waals surface area contributed by atoms with Crippen LogP contribution in [0.1, 0.15) is 6.42 Å². The summed E-state index contributed by atoms with van der Waals surface area (Å²) in [6, 6.07) is 7.32. The summed E-state index contributed by atoms with van der Waals surface area (Å²) in [7, 11) is 1.64. The Kier molecular flexibility index (Phi) is 6.30. The van der Waals surface area contributed by atoms with Crippen LogP contribution in [-0.4, -0.2) is 43.4 Å². The van der Waals surface area contributed by atoms with Gasteiger partial charge in [0.25, 0.3) is 0 Å². The maximum Gasteiger partial charge on any atom is 0.241 e. The van der Waals surface area contributed by atoms with Crippen LogP contribution in [0, 0.1) is 17.1 Å². The van der Waals surface area contributed by atoms with E-state index in [1.165, 1.54) is 29.2 Å². The first-order valence-electron chi connectivity index (χ1n) is 6.33. The summed E-state index contributed by atoms with van der Waals surface area (Å²) < 4.78 is 13.0. The number of nitriles is 1. The highest BCUT2D eigenvalue weighted by molar-refractivity contribution is 5.95. The molecule has 0 aromatic heterocycles. The van der Waals surface area contributed by atoms with Gasteiger partial charge < -0.3 is 10.6 Å². The summed E-state index contributed by atoms with van der Waals surface area (Å²) in [6.45, 7) is 0.239. The van der Waals surface area contributed by atoms with Crippen LogP contribution in [-0.2, 0) is 9.59 Å². The molecule has 2 N–H and O–H groups in total. The van der Waals surface area contributed by atoms with E-state index < -0.39 is 11.7 Å². The van der Waals surface area contributed by atoms with E-state index in [4.69, 9.17) is 11.0 Å². The highest BCUT2D eigenvalue weighted by atomic mass is 19.1. The van der Waals surface area contributed by atoms with Crippen molar-refractivity contribution in [2.24, 2.45) is 5.73 Å². The zero-order valence-electron chi connectivity index (χ0n) is 11.8. The summed E-state index contributed by atoms with van der Waals surface area (Å²) in [6.07, 6.45) is 0.00504. The minimum Gasteiger partial charge on any atom is -0.370 e. The van der Waals surface area contributed by atoms with Crippen molar-refractivity contribution < 1.29 is 14.0 Å². The third-order valence-corrected chi connectivity index (χ3v) is 2.77. The molecule has 112 valence electrons. The van der Waals surface area contributed by atoms with Crippen LogP contribution in [0.3, 0.4) is 0 Å². The van der Waals surface area contributed by atoms with Crippen molar-refractivity contribution in [3.8, 4) is 6.07 Å². The molecule has 0 spiro atoms. The molecule has 1 aromatic rings. The Labute approximate surface area is 122 Å². The first-order valence-corrected chi connectivity index (χ1v) is 6.33. The lowest BCUT2D eigenvalue weighted by Crippen LogP contribution is -2.40. The molecular formula is C14H17FN4O2. The predicted octanol–water partition coefficient (Wildman–Crippen LogP) is 0.489. The van der Waals surface area contributed by atoms with Crippen LogP contribution in [0.15, 0.2) is 24.3 Å². The number of rotatable bonds is 7. The zero-order valence-corrected chi connectivity index (χ0v) is 11.8. The Balaban J connectivity index is 2.86. The number of hydrogen-bond donors (Lipinski definition) is 1. The Morgan fingerprint density at radius 1 is 1.33 bits per heavy atom. The molecule has 0 saturated heterocycles. The van der Waals surface area contributed by atoms with E-state index in [1.807, 2.05) is 6.07 Å². The van der Waals surface area contributed by atoms with Crippen LogP contribution in [0.5, 0.6) is 0 Å². The SMILES string of the molecule is CN(CC#N)CC(=O)N(CCC(N)=O)c1ccc(F)cc1. The van der Waals surface area contributed by atoms with Gasteiger partial charge in [-0.15, -0.1) is 0 Å². The second kappa shape index (κ2) is 7.97. The van der Waals surface area contributed by atoms with Crippen molar-refractivity contribution in [3.63, 3.8) is 0 Å². The lowest BCUT2D eigenvalue weighted by molar-refractivity contribution is -0.119. The van der Waals surface area contributed by atoms with Gasteiger partial charge in [-0.3, -0.25) is 14.5 Å². The van der Waals surface area contributed by atoms with Gasteiger partial charge >= 0.3 is 0 Å². The van der Waals surface area contributed by atoms with Crippen molar-refractivity contribution in [1.29, 1.82) is 5.26 Å². The number of amides is 2. The van der Waals surface area contributed by atoms with Gasteiger partial charge in [-0.05, 0) is 31.3 Å². The smallest absolute Gasteiger partial charge is 0.241 e. The molecule has 0 unspecified atom stereocenters. The van der Waals surface area contributed by atoms with Crippen molar-refractivity contribution in [1.82, 2.24) is 4.90 Å². The number of nitrogens with zero attached hydrogens (tertiary/aromatic N) is 3. The number of carbonyl (C=O) groups excluding carboxylic acids is 2. The number of benzene rings is 1. The predicted molar refractivity (Wildman–Crippen MR) is 75.7 cm³/mol. The molecule has 2 amide bonds. The molecule has 7 heteroatoms. The van der Waals surface area contributed by atoms with Gasteiger partial charge in [-0.2, -0.15) is 5.26 Å². The fourth-order valence-electron chi connectivity index (χ4n) is 1.73. The molecule has 0 saturated carbocycles. The largest absolute Gasteiger partial charge is 0.370 e. The highest BCUT2D eigenvalue weighted by Gasteiger charge is 2.18. The minimum absolute atomic E-state index is 0.00504. The van der Waals surface area contributed by atoms with E-state index in [0.29, 0.717) is 5.69 Å². The minimum atomic E-state index is -0.528. The quantitative estimate of drug-likeness (QED) is 0.740. The number of hydrogen-bond acceptors (Lipinski definition) is 4. The Bertz CT molecular complexity index is 539. The fraction of sp³-hybridized carbons (Fsp3) is 0.357. The van der Waals surface area contributed by atoms with Crippen molar-refractivity contribution in [3.05, 3.63) is 30.1 Å². The van der Waals surface area contributed by atoms with Crippen molar-refractivity contribution in [2.45, 2.75) is 6.42 Å². The number of likely N-dealkylation sites (N-methyl/N-ethyl adjacent to an activating group) is 1. The zero-order chi connectivity index (χ0) is 15.8. The average Bonchev–Trinajstić information content (AvgIpc) is 2.40. The summed E-state index contributed by atoms with van der Waals surface area (Å²) in [5, 5.41) is 8.59. The lowest BCUT2D eigenvalue weighted by atomic mass is 10.2. The van der Waals surface area contributed by atoms with E-state index >= 15 is 0 Å². The molecule has 0 radical (unpaired) electrons. The van der Waals surface area contributed by atoms with Gasteiger partial charge in [0, 0.05) is 18.7 Å². The lowest BCUT2D eigenvalue weighted by Gasteiger charge is -2.24. The second-order valence-corrected chi connectivity index (χ2v) is 4.57. The maximum atomic E-state index is 13.0. The third kappa shape index (κ3) is 5.58. The van der Waals surface area contributed by atoms with Gasteiger partial charge in [0.05, 0.1) is 19.2 Å². The first-order chi connectivity index (χ1) is 9.93. The molecule has 1 aromatic carbocycles. The van der Waals surface area contributed by atoms with Crippen LogP contribution < -0.4 is 10.6 Å². The molecule has 0 atom stereocenters. The van der Waals surface area contributed by atoms with Gasteiger partial charge in [-0.25, -0.2) is 4.39 Å². The van der Waals surface area contributed by atoms with Crippen molar-refractivity contribution >= 4 is 17.5 Å². The number of nitrogens with two attached hydrogens (primary N) is 1. The first kappa shape index (κ1) is 16.6. The van der Waals surface area contributed by atoms with Crippen LogP contribution in [0.2, 0.25) is 0 Å². The summed E-state index contributed by atoms with van der Waals surface area (Å²) >= 11 is 0. The topological polar surface area (TPSA) is 90.4 Å². The van der Waals surface area contributed by atoms with E-state index in [1.54, 1.807) is 11.9 Å². The van der Waals surface area contributed by atoms with Crippen LogP contribution in [0.4, 0.5) is 10.1 Å². The summed E-state index contributed by atoms with van der Waals surface area (Å²) in [5.41, 5.74) is 5.58. The molecule has 0 aliphatic rings. The van der Waals surface area contributed by atoms with E-state index in [0.717, 1.165) is 0 Å². The molecule has 0 fully saturated rings. The van der Waals surface area contributed by atoms with Crippen LogP contribution >= 0.6 is 0 Å². The van der Waals surface area contributed by atoms with Gasteiger partial charge in [0.15, 0.2) is 0 Å². The molecule has 1 rings (SSSR count). The number of halogens is 1. The second-order valence-electron chi connectivity index (χ2n) is 4.57. The Morgan fingerprint density at radius 2 is 1.95 bits per heavy atom. The molecule has 21 heavy (non-hydrogen) atoms. The molecule has 6 nitrogen and oxygen atoms in total.